The van der Waals surface area contributed by atoms with Crippen LogP contribution in [0, 0.1) is 5.92 Å². The molecule has 7 nitrogen and oxygen atoms in total. The van der Waals surface area contributed by atoms with Crippen LogP contribution in [0.2, 0.25) is 5.02 Å². The van der Waals surface area contributed by atoms with Gasteiger partial charge in [-0.15, -0.1) is 12.4 Å². The lowest BCUT2D eigenvalue weighted by Crippen LogP contribution is -2.42. The van der Waals surface area contributed by atoms with E-state index < -0.39 is 0 Å². The number of ether oxygens (including phenoxy) is 1. The second-order valence-corrected chi connectivity index (χ2v) is 8.90. The Hall–Kier alpha value is -3.29. The van der Waals surface area contributed by atoms with Gasteiger partial charge in [-0.3, -0.25) is 14.6 Å². The molecule has 0 bridgehead atoms. The van der Waals surface area contributed by atoms with Crippen molar-refractivity contribution in [3.63, 3.8) is 0 Å². The Morgan fingerprint density at radius 3 is 2.39 bits per heavy atom. The van der Waals surface area contributed by atoms with Gasteiger partial charge in [-0.2, -0.15) is 0 Å². The van der Waals surface area contributed by atoms with Crippen LogP contribution in [0.15, 0.2) is 67.0 Å². The van der Waals surface area contributed by atoms with Gasteiger partial charge in [-0.1, -0.05) is 17.7 Å². The Kier molecular flexibility index (Phi) is 9.96. The normalized spacial score (nSPS) is 13.4. The summed E-state index contributed by atoms with van der Waals surface area (Å²) >= 11 is 6.54. The summed E-state index contributed by atoms with van der Waals surface area (Å²) < 4.78 is 5.15. The number of nitrogens with one attached hydrogen (secondary N) is 2. The zero-order chi connectivity index (χ0) is 24.6. The first kappa shape index (κ1) is 27.3. The first-order chi connectivity index (χ1) is 17.0. The van der Waals surface area contributed by atoms with Crippen LogP contribution < -0.4 is 15.4 Å². The van der Waals surface area contributed by atoms with Crippen molar-refractivity contribution in [2.75, 3.05) is 43.9 Å². The molecule has 2 aromatic carbocycles. The number of aromatic nitrogens is 1. The summed E-state index contributed by atoms with van der Waals surface area (Å²) in [5.41, 5.74) is 2.53. The van der Waals surface area contributed by atoms with Crippen LogP contribution >= 0.6 is 24.0 Å². The predicted octanol–water partition coefficient (Wildman–Crippen LogP) is 5.16. The molecule has 1 aromatic heterocycles. The second kappa shape index (κ2) is 13.1. The molecule has 1 amide bonds. The van der Waals surface area contributed by atoms with Crippen molar-refractivity contribution < 1.29 is 14.3 Å². The lowest BCUT2D eigenvalue weighted by molar-refractivity contribution is -0.130. The van der Waals surface area contributed by atoms with Gasteiger partial charge in [0, 0.05) is 48.8 Å². The first-order valence-electron chi connectivity index (χ1n) is 11.7. The molecule has 190 valence electrons. The molecule has 4 rings (SSSR count). The Balaban J connectivity index is 0.00000361. The minimum absolute atomic E-state index is 0. The largest absolute Gasteiger partial charge is 0.497 e. The van der Waals surface area contributed by atoms with E-state index in [1.165, 1.54) is 0 Å². The van der Waals surface area contributed by atoms with E-state index in [-0.39, 0.29) is 30.6 Å². The molecule has 1 saturated heterocycles. The number of ketones is 1. The molecule has 1 fully saturated rings. The van der Waals surface area contributed by atoms with E-state index in [2.05, 4.69) is 15.6 Å². The van der Waals surface area contributed by atoms with E-state index in [4.69, 9.17) is 16.3 Å². The number of benzene rings is 2. The van der Waals surface area contributed by atoms with Crippen LogP contribution in [0.25, 0.3) is 0 Å². The molecule has 3 aromatic rings. The zero-order valence-electron chi connectivity index (χ0n) is 20.1. The molecule has 9 heteroatoms. The van der Waals surface area contributed by atoms with E-state index in [1.54, 1.807) is 62.0 Å². The second-order valence-electron chi connectivity index (χ2n) is 8.52. The van der Waals surface area contributed by atoms with E-state index in [1.807, 2.05) is 17.0 Å². The van der Waals surface area contributed by atoms with Gasteiger partial charge in [-0.25, -0.2) is 0 Å². The van der Waals surface area contributed by atoms with Gasteiger partial charge in [-0.05, 0) is 67.3 Å². The third-order valence-corrected chi connectivity index (χ3v) is 6.68. The minimum atomic E-state index is -0.185. The summed E-state index contributed by atoms with van der Waals surface area (Å²) in [7, 11) is 1.58. The van der Waals surface area contributed by atoms with Gasteiger partial charge in [0.2, 0.25) is 5.91 Å². The number of pyridine rings is 1. The molecule has 0 unspecified atom stereocenters. The molecule has 0 radical (unpaired) electrons. The maximum atomic E-state index is 12.9. The maximum Gasteiger partial charge on any atom is 0.241 e. The van der Waals surface area contributed by atoms with Crippen LogP contribution in [0.5, 0.6) is 5.75 Å². The van der Waals surface area contributed by atoms with Crippen molar-refractivity contribution in [1.29, 1.82) is 0 Å². The number of hydrogen-bond donors (Lipinski definition) is 2. The number of carbonyl (C=O) groups excluding carboxylic acids is 2. The molecular formula is C27H30Cl2N4O3. The lowest BCUT2D eigenvalue weighted by Gasteiger charge is -2.32. The SMILES string of the molecule is COc1ccc(C(=O)c2cccc(NCC(=O)N3CCC(CNc4ccncc4)CC3)c2Cl)cc1.Cl. The highest BCUT2D eigenvalue weighted by Gasteiger charge is 2.23. The summed E-state index contributed by atoms with van der Waals surface area (Å²) in [5.74, 6) is 1.04. The van der Waals surface area contributed by atoms with Crippen molar-refractivity contribution in [2.24, 2.45) is 5.92 Å². The Bertz CT molecular complexity index is 1150. The first-order valence-corrected chi connectivity index (χ1v) is 12.1. The average Bonchev–Trinajstić information content (AvgIpc) is 2.91. The van der Waals surface area contributed by atoms with Gasteiger partial charge in [0.1, 0.15) is 5.75 Å². The fourth-order valence-corrected chi connectivity index (χ4v) is 4.42. The predicted molar refractivity (Wildman–Crippen MR) is 146 cm³/mol. The number of halogens is 2. The fraction of sp³-hybridized carbons (Fsp3) is 0.296. The highest BCUT2D eigenvalue weighted by molar-refractivity contribution is 6.37. The van der Waals surface area contributed by atoms with E-state index in [0.717, 1.165) is 38.2 Å². The van der Waals surface area contributed by atoms with Crippen LogP contribution in [0.3, 0.4) is 0 Å². The molecule has 36 heavy (non-hydrogen) atoms. The van der Waals surface area contributed by atoms with Crippen LogP contribution in [0.4, 0.5) is 11.4 Å². The number of nitrogens with zero attached hydrogens (tertiary/aromatic N) is 2. The lowest BCUT2D eigenvalue weighted by atomic mass is 9.96. The number of amides is 1. The van der Waals surface area contributed by atoms with Crippen molar-refractivity contribution >= 4 is 47.1 Å². The van der Waals surface area contributed by atoms with E-state index in [0.29, 0.717) is 33.5 Å². The van der Waals surface area contributed by atoms with Gasteiger partial charge < -0.3 is 20.3 Å². The molecule has 2 heterocycles. The highest BCUT2D eigenvalue weighted by atomic mass is 35.5. The fourth-order valence-electron chi connectivity index (χ4n) is 4.14. The summed E-state index contributed by atoms with van der Waals surface area (Å²) in [5, 5.41) is 6.87. The maximum absolute atomic E-state index is 12.9. The molecule has 1 aliphatic heterocycles. The van der Waals surface area contributed by atoms with Gasteiger partial charge in [0.15, 0.2) is 5.78 Å². The molecule has 0 atom stereocenters. The average molecular weight is 529 g/mol. The Morgan fingerprint density at radius 1 is 1.03 bits per heavy atom. The van der Waals surface area contributed by atoms with Crippen molar-refractivity contribution in [2.45, 2.75) is 12.8 Å². The van der Waals surface area contributed by atoms with Crippen molar-refractivity contribution in [1.82, 2.24) is 9.88 Å². The molecule has 2 N–H and O–H groups in total. The molecule has 0 spiro atoms. The van der Waals surface area contributed by atoms with Crippen LogP contribution in [-0.2, 0) is 4.79 Å². The quantitative estimate of drug-likeness (QED) is 0.373. The third-order valence-electron chi connectivity index (χ3n) is 6.27. The smallest absolute Gasteiger partial charge is 0.241 e. The molecule has 1 aliphatic rings. The Labute approximate surface area is 222 Å². The number of carbonyl (C=O) groups is 2. The zero-order valence-corrected chi connectivity index (χ0v) is 21.6. The molecule has 0 aliphatic carbocycles. The summed E-state index contributed by atoms with van der Waals surface area (Å²) in [6, 6.07) is 16.0. The van der Waals surface area contributed by atoms with Gasteiger partial charge >= 0.3 is 0 Å². The number of anilines is 2. The van der Waals surface area contributed by atoms with E-state index in [9.17, 15) is 9.59 Å². The van der Waals surface area contributed by atoms with Crippen LogP contribution in [0.1, 0.15) is 28.8 Å². The molecule has 0 saturated carbocycles. The highest BCUT2D eigenvalue weighted by Crippen LogP contribution is 2.28. The molecular weight excluding hydrogens is 499 g/mol. The Morgan fingerprint density at radius 2 is 1.72 bits per heavy atom. The monoisotopic (exact) mass is 528 g/mol. The minimum Gasteiger partial charge on any atom is -0.497 e. The summed E-state index contributed by atoms with van der Waals surface area (Å²) in [6.45, 7) is 2.47. The number of hydrogen-bond acceptors (Lipinski definition) is 6. The van der Waals surface area contributed by atoms with Crippen molar-refractivity contribution in [3.05, 3.63) is 83.1 Å². The van der Waals surface area contributed by atoms with Crippen LogP contribution in [-0.4, -0.2) is 54.9 Å². The summed E-state index contributed by atoms with van der Waals surface area (Å²) in [6.07, 6.45) is 5.45. The third kappa shape index (κ3) is 6.89. The topological polar surface area (TPSA) is 83.6 Å². The van der Waals surface area contributed by atoms with Gasteiger partial charge in [0.25, 0.3) is 0 Å². The number of piperidine rings is 1. The van der Waals surface area contributed by atoms with Gasteiger partial charge in [0.05, 0.1) is 24.4 Å². The number of likely N-dealkylation sites (tertiary alicyclic amines) is 1. The number of rotatable bonds is 9. The standard InChI is InChI=1S/C27H29ClN4O3.ClH/c1-35-22-7-5-20(6-8-22)27(34)23-3-2-4-24(26(23)28)31-18-25(33)32-15-11-19(12-16-32)17-30-21-9-13-29-14-10-21;/h2-10,13-14,19,31H,11-12,15-18H2,1H3,(H,29,30);1H. The van der Waals surface area contributed by atoms with E-state index >= 15 is 0 Å². The number of methoxy groups -OCH3 is 1. The summed E-state index contributed by atoms with van der Waals surface area (Å²) in [4.78, 5) is 31.6. The van der Waals surface area contributed by atoms with Crippen molar-refractivity contribution in [3.8, 4) is 5.75 Å².